The number of carbonyl (C=O) groups is 1. The molecule has 7 heteroatoms. The van der Waals surface area contributed by atoms with Crippen LogP contribution in [0.5, 0.6) is 11.5 Å². The summed E-state index contributed by atoms with van der Waals surface area (Å²) < 4.78 is 14.5. The highest BCUT2D eigenvalue weighted by Crippen LogP contribution is 2.25. The predicted molar refractivity (Wildman–Crippen MR) is 118 cm³/mol. The molecule has 0 aliphatic carbocycles. The van der Waals surface area contributed by atoms with Crippen LogP contribution in [-0.2, 0) is 0 Å². The fraction of sp³-hybridized carbons (Fsp3) is 0.130. The van der Waals surface area contributed by atoms with Gasteiger partial charge in [-0.15, -0.1) is 0 Å². The van der Waals surface area contributed by atoms with Crippen LogP contribution in [0.1, 0.15) is 17.4 Å². The van der Waals surface area contributed by atoms with E-state index in [0.29, 0.717) is 28.8 Å². The number of carbonyl (C=O) groups excluding carboxylic acids is 1. The Labute approximate surface area is 180 Å². The number of hydrogen-bond acceptors (Lipinski definition) is 4. The van der Waals surface area contributed by atoms with E-state index in [-0.39, 0.29) is 5.91 Å². The Morgan fingerprint density at radius 2 is 1.87 bits per heavy atom. The molecule has 0 bridgehead atoms. The lowest BCUT2D eigenvalue weighted by molar-refractivity contribution is -0.514. The van der Waals surface area contributed by atoms with Gasteiger partial charge in [-0.1, -0.05) is 24.8 Å². The summed E-state index contributed by atoms with van der Waals surface area (Å²) in [6, 6.07) is 20.7. The van der Waals surface area contributed by atoms with Crippen LogP contribution < -0.4 is 19.2 Å². The van der Waals surface area contributed by atoms with E-state index < -0.39 is 0 Å². The molecule has 0 aliphatic heterocycles. The van der Waals surface area contributed by atoms with E-state index in [9.17, 15) is 4.79 Å². The van der Waals surface area contributed by atoms with Crippen molar-refractivity contribution in [2.45, 2.75) is 11.9 Å². The quantitative estimate of drug-likeness (QED) is 0.364. The second-order valence-electron chi connectivity index (χ2n) is 6.55. The molecule has 4 rings (SSSR count). The van der Waals surface area contributed by atoms with Crippen LogP contribution in [0, 0.1) is 0 Å². The van der Waals surface area contributed by atoms with Gasteiger partial charge in [0, 0.05) is 17.8 Å². The highest BCUT2D eigenvalue weighted by atomic mass is 32.1. The lowest BCUT2D eigenvalue weighted by Gasteiger charge is -2.05. The summed E-state index contributed by atoms with van der Waals surface area (Å²) in [5.74, 6) is 1.20. The molecule has 4 aromatic rings. The number of methoxy groups -OCH3 is 1. The number of amides is 1. The van der Waals surface area contributed by atoms with Crippen molar-refractivity contribution in [2.24, 2.45) is 0 Å². The van der Waals surface area contributed by atoms with Gasteiger partial charge >= 0.3 is 5.91 Å². The molecule has 0 radical (unpaired) electrons. The maximum Gasteiger partial charge on any atom is 0.301 e. The number of thiol groups is 1. The average molecular weight is 421 g/mol. The number of fused-ring (bicyclic) bond motifs is 1. The van der Waals surface area contributed by atoms with E-state index in [1.165, 1.54) is 0 Å². The van der Waals surface area contributed by atoms with Gasteiger partial charge in [0.1, 0.15) is 17.2 Å². The summed E-state index contributed by atoms with van der Waals surface area (Å²) in [6.07, 6.45) is 1.85. The molecule has 0 unspecified atom stereocenters. The Morgan fingerprint density at radius 1 is 1.07 bits per heavy atom. The maximum absolute atomic E-state index is 13.2. The minimum atomic E-state index is -0.265. The molecular formula is C23H22N3O3S+. The Bertz CT molecular complexity index is 1200. The van der Waals surface area contributed by atoms with Gasteiger partial charge in [0.25, 0.3) is 11.3 Å². The number of pyridine rings is 1. The molecular weight excluding hydrogens is 398 g/mol. The lowest BCUT2D eigenvalue weighted by atomic mass is 10.3. The number of benzene rings is 2. The van der Waals surface area contributed by atoms with E-state index in [2.05, 4.69) is 5.32 Å². The summed E-state index contributed by atoms with van der Waals surface area (Å²) in [5.41, 5.74) is 2.78. The molecule has 6 nitrogen and oxygen atoms in total. The largest absolute Gasteiger partial charge is 0.497 e. The number of imidazole rings is 1. The first-order valence-corrected chi connectivity index (χ1v) is 9.99. The van der Waals surface area contributed by atoms with Crippen LogP contribution in [0.4, 0.5) is 5.69 Å². The molecule has 152 valence electrons. The van der Waals surface area contributed by atoms with Gasteiger partial charge in [-0.05, 0) is 49.4 Å². The second-order valence-corrected chi connectivity index (χ2v) is 6.97. The normalized spacial score (nSPS) is 10.8. The second kappa shape index (κ2) is 8.51. The Balaban J connectivity index is 1.77. The number of anilines is 1. The molecule has 1 N–H and O–H groups in total. The summed E-state index contributed by atoms with van der Waals surface area (Å²) in [7, 11) is 1.59. The number of nitrogens with one attached hydrogen (secondary N) is 1. The van der Waals surface area contributed by atoms with Crippen molar-refractivity contribution >= 4 is 29.9 Å². The van der Waals surface area contributed by atoms with Crippen molar-refractivity contribution in [3.05, 3.63) is 78.6 Å². The van der Waals surface area contributed by atoms with E-state index in [1.54, 1.807) is 13.2 Å². The third-order valence-corrected chi connectivity index (χ3v) is 5.09. The van der Waals surface area contributed by atoms with Gasteiger partial charge in [0.15, 0.2) is 0 Å². The average Bonchev–Trinajstić information content (AvgIpc) is 3.06. The molecule has 1 amide bonds. The monoisotopic (exact) mass is 420 g/mol. The van der Waals surface area contributed by atoms with Crippen molar-refractivity contribution in [1.82, 2.24) is 4.57 Å². The first-order valence-electron chi connectivity index (χ1n) is 9.55. The van der Waals surface area contributed by atoms with E-state index >= 15 is 0 Å². The van der Waals surface area contributed by atoms with Crippen molar-refractivity contribution in [3.8, 4) is 17.2 Å². The highest BCUT2D eigenvalue weighted by Gasteiger charge is 2.29. The minimum Gasteiger partial charge on any atom is -0.497 e. The van der Waals surface area contributed by atoms with Crippen LogP contribution in [0.3, 0.4) is 0 Å². The molecule has 0 saturated carbocycles. The van der Waals surface area contributed by atoms with Crippen LogP contribution in [-0.4, -0.2) is 24.2 Å². The van der Waals surface area contributed by atoms with Gasteiger partial charge in [-0.3, -0.25) is 4.79 Å². The Hall–Kier alpha value is -3.45. The number of nitrogens with zero attached hydrogens (tertiary/aromatic N) is 2. The third kappa shape index (κ3) is 3.71. The maximum atomic E-state index is 13.2. The van der Waals surface area contributed by atoms with Crippen LogP contribution in [0.25, 0.3) is 11.3 Å². The lowest BCUT2D eigenvalue weighted by Crippen LogP contribution is -2.30. The predicted octanol–water partition coefficient (Wildman–Crippen LogP) is 4.16. The summed E-state index contributed by atoms with van der Waals surface area (Å²) in [6.45, 7) is 2.55. The Kier molecular flexibility index (Phi) is 5.63. The van der Waals surface area contributed by atoms with Crippen LogP contribution >= 0.6 is 12.6 Å². The SMILES string of the molecule is CCOc1ccc(-n2c(S)c(C(=O)Nc3cccc(OC)c3)[n+]3ccccc23)cc1. The number of hydrogen-bond donors (Lipinski definition) is 2. The first kappa shape index (κ1) is 19.8. The van der Waals surface area contributed by atoms with E-state index in [0.717, 1.165) is 17.1 Å². The van der Waals surface area contributed by atoms with Crippen molar-refractivity contribution < 1.29 is 18.7 Å². The standard InChI is InChI=1S/C23H21N3O3S/c1-3-29-18-12-10-17(11-13-18)26-20-9-4-5-14-25(20)21(23(26)30)22(27)24-16-7-6-8-19(15-16)28-2/h4-15H,3H2,1-2H3,(H-,24,27,30)/p+1. The fourth-order valence-corrected chi connectivity index (χ4v) is 3.77. The molecule has 2 heterocycles. The minimum absolute atomic E-state index is 0.265. The summed E-state index contributed by atoms with van der Waals surface area (Å²) in [4.78, 5) is 13.2. The Morgan fingerprint density at radius 3 is 2.60 bits per heavy atom. The zero-order chi connectivity index (χ0) is 21.1. The molecule has 0 saturated heterocycles. The molecule has 0 fully saturated rings. The molecule has 2 aromatic carbocycles. The van der Waals surface area contributed by atoms with Crippen molar-refractivity contribution in [3.63, 3.8) is 0 Å². The van der Waals surface area contributed by atoms with E-state index in [1.807, 2.05) is 82.8 Å². The third-order valence-electron chi connectivity index (χ3n) is 4.68. The van der Waals surface area contributed by atoms with Crippen LogP contribution in [0.15, 0.2) is 78.0 Å². The molecule has 2 aromatic heterocycles. The number of aromatic nitrogens is 2. The zero-order valence-electron chi connectivity index (χ0n) is 16.7. The summed E-state index contributed by atoms with van der Waals surface area (Å²) >= 11 is 4.72. The topological polar surface area (TPSA) is 56.6 Å². The molecule has 0 spiro atoms. The van der Waals surface area contributed by atoms with Gasteiger partial charge < -0.3 is 14.8 Å². The molecule has 30 heavy (non-hydrogen) atoms. The van der Waals surface area contributed by atoms with Crippen molar-refractivity contribution in [1.29, 1.82) is 0 Å². The van der Waals surface area contributed by atoms with Crippen molar-refractivity contribution in [2.75, 3.05) is 19.0 Å². The van der Waals surface area contributed by atoms with Gasteiger partial charge in [-0.25, -0.2) is 0 Å². The van der Waals surface area contributed by atoms with Gasteiger partial charge in [0.2, 0.25) is 5.03 Å². The fourth-order valence-electron chi connectivity index (χ4n) is 3.34. The number of rotatable bonds is 6. The van der Waals surface area contributed by atoms with Gasteiger partial charge in [0.05, 0.1) is 19.9 Å². The van der Waals surface area contributed by atoms with Crippen LogP contribution in [0.2, 0.25) is 0 Å². The molecule has 0 atom stereocenters. The highest BCUT2D eigenvalue weighted by molar-refractivity contribution is 7.80. The first-order chi connectivity index (χ1) is 14.6. The van der Waals surface area contributed by atoms with E-state index in [4.69, 9.17) is 22.1 Å². The van der Waals surface area contributed by atoms with Gasteiger partial charge in [-0.2, -0.15) is 8.97 Å². The molecule has 0 aliphatic rings. The summed E-state index contributed by atoms with van der Waals surface area (Å²) in [5, 5.41) is 3.47. The zero-order valence-corrected chi connectivity index (χ0v) is 17.6. The smallest absolute Gasteiger partial charge is 0.301 e. The number of ether oxygens (including phenoxy) is 2.